The molecule has 3 saturated heterocycles. The van der Waals surface area contributed by atoms with Crippen molar-refractivity contribution in [2.45, 2.75) is 228 Å². The Kier molecular flexibility index (Phi) is 47.1. The van der Waals surface area contributed by atoms with Crippen LogP contribution in [0.15, 0.2) is 0 Å². The second-order valence-corrected chi connectivity index (χ2v) is 25.8. The number of ether oxygens (including phenoxy) is 9. The minimum absolute atomic E-state index is 0.0437. The van der Waals surface area contributed by atoms with Crippen LogP contribution in [0, 0.1) is 0 Å². The van der Waals surface area contributed by atoms with Gasteiger partial charge < -0.3 is 142 Å². The lowest BCUT2D eigenvalue weighted by Crippen LogP contribution is -2.64. The molecule has 3 rings (SSSR count). The Morgan fingerprint density at radius 3 is 1.02 bits per heavy atom. The summed E-state index contributed by atoms with van der Waals surface area (Å²) in [5, 5.41) is 110. The largest absolute Gasteiger partial charge is 0.394 e. The molecule has 3 aliphatic rings. The molecule has 0 bridgehead atoms. The van der Waals surface area contributed by atoms with Crippen LogP contribution in [0.25, 0.3) is 0 Å². The van der Waals surface area contributed by atoms with Crippen LogP contribution in [0.2, 0.25) is 0 Å². The van der Waals surface area contributed by atoms with Crippen LogP contribution in [-0.2, 0) is 95.4 Å². The van der Waals surface area contributed by atoms with Crippen LogP contribution in [0.4, 0.5) is 0 Å². The highest BCUT2D eigenvalue weighted by atomic mass is 16.7. The third-order valence-corrected chi connectivity index (χ3v) is 16.6. The van der Waals surface area contributed by atoms with Gasteiger partial charge in [0.05, 0.1) is 59.5 Å². The monoisotopic (exact) mass is 1510 g/mol. The van der Waals surface area contributed by atoms with Gasteiger partial charge in [-0.15, -0.1) is 0 Å². The summed E-state index contributed by atoms with van der Waals surface area (Å²) in [6.45, 7) is 2.71. The quantitative estimate of drug-likeness (QED) is 0.0252. The Hall–Kier alpha value is -6.51. The normalized spacial score (nSPS) is 24.2. The minimum atomic E-state index is -1.47. The van der Waals surface area contributed by atoms with Crippen LogP contribution in [0.1, 0.15) is 136 Å². The first-order valence-corrected chi connectivity index (χ1v) is 36.0. The van der Waals surface area contributed by atoms with E-state index in [9.17, 15) is 93.6 Å². The Labute approximate surface area is 611 Å². The van der Waals surface area contributed by atoms with Crippen LogP contribution in [0.3, 0.4) is 0 Å². The highest BCUT2D eigenvalue weighted by Gasteiger charge is 2.47. The summed E-state index contributed by atoms with van der Waals surface area (Å²) in [6, 6.07) is -3.16. The first-order chi connectivity index (χ1) is 50.2. The lowest BCUT2D eigenvalue weighted by molar-refractivity contribution is -0.270. The highest BCUT2D eigenvalue weighted by Crippen LogP contribution is 2.25. The molecule has 0 radical (unpaired) electrons. The number of carbonyl (C=O) groups is 11. The molecule has 39 nitrogen and oxygen atoms in total. The van der Waals surface area contributed by atoms with Crippen molar-refractivity contribution < 1.29 is 136 Å². The molecule has 39 heteroatoms. The number of unbranched alkanes of at least 4 members (excludes halogenated alkanes) is 3. The molecular weight excluding hydrogens is 1390 g/mol. The topological polar surface area (TPSA) is 565 Å². The number of nitrogens with one attached hydrogen (secondary N) is 11. The van der Waals surface area contributed by atoms with Crippen molar-refractivity contribution >= 4 is 65.0 Å². The average molecular weight is 1510 g/mol. The fourth-order valence-electron chi connectivity index (χ4n) is 10.9. The molecule has 14 atom stereocenters. The van der Waals surface area contributed by atoms with Crippen molar-refractivity contribution in [3.05, 3.63) is 0 Å². The highest BCUT2D eigenvalue weighted by molar-refractivity contribution is 5.80. The van der Waals surface area contributed by atoms with Gasteiger partial charge in [-0.3, -0.25) is 52.7 Å². The zero-order valence-corrected chi connectivity index (χ0v) is 60.8. The zero-order chi connectivity index (χ0) is 77.5. The minimum Gasteiger partial charge on any atom is -0.394 e. The van der Waals surface area contributed by atoms with Gasteiger partial charge in [-0.25, -0.2) is 0 Å². The van der Waals surface area contributed by atoms with Crippen molar-refractivity contribution in [1.82, 2.24) is 58.5 Å². The van der Waals surface area contributed by atoms with Crippen LogP contribution >= 0.6 is 0 Å². The summed E-state index contributed by atoms with van der Waals surface area (Å²) in [6.07, 6.45) is -10.0. The maximum atomic E-state index is 13.6. The van der Waals surface area contributed by atoms with Gasteiger partial charge in [-0.1, -0.05) is 0 Å². The number of carbonyl (C=O) groups excluding carboxylic acids is 11. The molecule has 0 aromatic carbocycles. The Balaban J connectivity index is 1.49. The number of amides is 11. The first-order valence-electron chi connectivity index (χ1n) is 36.0. The third-order valence-electron chi connectivity index (χ3n) is 16.6. The number of hydrogen-bond acceptors (Lipinski definition) is 28. The van der Waals surface area contributed by atoms with E-state index in [0.29, 0.717) is 57.8 Å². The van der Waals surface area contributed by atoms with Gasteiger partial charge in [0.15, 0.2) is 18.9 Å². The molecule has 3 heterocycles. The zero-order valence-electron chi connectivity index (χ0n) is 60.8. The van der Waals surface area contributed by atoms with Crippen molar-refractivity contribution in [2.24, 2.45) is 0 Å². The summed E-state index contributed by atoms with van der Waals surface area (Å²) < 4.78 is 51.6. The molecule has 3 aliphatic heterocycles. The molecule has 0 saturated carbocycles. The smallest absolute Gasteiger partial charge is 0.222 e. The summed E-state index contributed by atoms with van der Waals surface area (Å²) in [5.74, 6) is -4.13. The van der Waals surface area contributed by atoms with Crippen molar-refractivity contribution in [3.63, 3.8) is 0 Å². The summed E-state index contributed by atoms with van der Waals surface area (Å²) in [7, 11) is 1.46. The average Bonchev–Trinajstić information content (AvgIpc) is 0.779. The van der Waals surface area contributed by atoms with E-state index < -0.39 is 140 Å². The van der Waals surface area contributed by atoms with Crippen molar-refractivity contribution in [2.75, 3.05) is 126 Å². The fourth-order valence-corrected chi connectivity index (χ4v) is 10.9. The van der Waals surface area contributed by atoms with Crippen molar-refractivity contribution in [3.8, 4) is 0 Å². The summed E-state index contributed by atoms with van der Waals surface area (Å²) >= 11 is 0. The molecule has 604 valence electrons. The van der Waals surface area contributed by atoms with Gasteiger partial charge in [-0.05, 0) is 64.2 Å². The molecule has 5 unspecified atom stereocenters. The number of aliphatic hydroxyl groups excluding tert-OH is 8. The van der Waals surface area contributed by atoms with E-state index in [1.165, 1.54) is 27.8 Å². The van der Waals surface area contributed by atoms with E-state index in [-0.39, 0.29) is 193 Å². The van der Waals surface area contributed by atoms with E-state index in [4.69, 9.17) is 42.6 Å². The molecule has 11 amide bonds. The lowest BCUT2D eigenvalue weighted by Gasteiger charge is -2.42. The van der Waals surface area contributed by atoms with Gasteiger partial charge in [0.25, 0.3) is 0 Å². The molecular formula is C66H117N11O28. The molecule has 0 aliphatic carbocycles. The Bertz CT molecular complexity index is 2500. The summed E-state index contributed by atoms with van der Waals surface area (Å²) in [5.41, 5.74) is -1.47. The predicted octanol–water partition coefficient (Wildman–Crippen LogP) is -7.12. The maximum absolute atomic E-state index is 13.6. The lowest BCUT2D eigenvalue weighted by atomic mass is 9.97. The van der Waals surface area contributed by atoms with E-state index in [0.717, 1.165) is 0 Å². The van der Waals surface area contributed by atoms with E-state index in [1.54, 1.807) is 0 Å². The second kappa shape index (κ2) is 53.3. The fraction of sp³-hybridized carbons (Fsp3) is 0.833. The summed E-state index contributed by atoms with van der Waals surface area (Å²) in [4.78, 5) is 137. The van der Waals surface area contributed by atoms with Gasteiger partial charge >= 0.3 is 0 Å². The van der Waals surface area contributed by atoms with Crippen LogP contribution in [0.5, 0.6) is 0 Å². The predicted molar refractivity (Wildman–Crippen MR) is 367 cm³/mol. The first kappa shape index (κ1) is 92.7. The van der Waals surface area contributed by atoms with Crippen LogP contribution in [-0.4, -0.2) is 323 Å². The molecule has 0 aromatic heterocycles. The standard InChI is InChI=1S/C66H117N11O28/c1-41(80)74-55-58(92)44(83)37-103-63(55)100-29-8-5-15-48(85)68-23-12-26-71-51(88)20-32-97-38-66(77-54(91)19-11-18-47(84)67-4,39-98-33-21-52(89)72-27-13-24-69-49(86)16-6-9-30-101-64-56(75-42(2)81)61(95)59(93)45(35-78)104-64)40-99-34-22-53(90)73-28-14-25-70-50(87)17-7-10-31-102-65-57(76-43(3)82)62(96)60(94)46(36-79)105-65/h44-46,55-65,78-79,83,92-96H,5-40H2,1-4H3,(H,67,84)(H,68,85)(H,69,86)(H,70,87)(H,71,88)(H,72,89)(H,73,90)(H,74,80)(H,75,81)(H,76,82)(H,77,91)/t44-,45?,46?,55-,56-,57-,58?,59-,60-,61?,62?,63+,64+,65+,66?/m0/s1. The molecule has 19 N–H and O–H groups in total. The molecule has 105 heavy (non-hydrogen) atoms. The van der Waals surface area contributed by atoms with Crippen molar-refractivity contribution in [1.29, 1.82) is 0 Å². The maximum Gasteiger partial charge on any atom is 0.222 e. The van der Waals surface area contributed by atoms with Crippen LogP contribution < -0.4 is 58.5 Å². The number of aliphatic hydroxyl groups is 8. The number of hydrogen-bond donors (Lipinski definition) is 19. The van der Waals surface area contributed by atoms with Gasteiger partial charge in [0.1, 0.15) is 72.5 Å². The molecule has 0 aromatic rings. The van der Waals surface area contributed by atoms with E-state index in [1.807, 2.05) is 0 Å². The van der Waals surface area contributed by atoms with Gasteiger partial charge in [-0.2, -0.15) is 0 Å². The van der Waals surface area contributed by atoms with E-state index >= 15 is 0 Å². The Morgan fingerprint density at radius 1 is 0.371 bits per heavy atom. The van der Waals surface area contributed by atoms with Gasteiger partial charge in [0.2, 0.25) is 65.0 Å². The third kappa shape index (κ3) is 38.7. The van der Waals surface area contributed by atoms with Gasteiger partial charge in [0, 0.05) is 138 Å². The second-order valence-electron chi connectivity index (χ2n) is 25.8. The SMILES string of the molecule is CNC(=O)CCCC(=O)NC(COCCC(=O)NCCCNC(=O)CCCCO[C@@H]1OC(CO)[C@H](O)C(O)[C@@H]1NC(C)=O)(COCCC(=O)NCCCNC(=O)CCCCO[C@@H]1OC(CO)[C@H](O)C(O)[C@@H]1NC(C)=O)COCCC(=O)NCCCNC(=O)CCCCO[C@@H]1OC[C@H](O)C(O)[C@@H]1NC(C)=O. The Morgan fingerprint density at radius 2 is 0.686 bits per heavy atom. The molecule has 0 spiro atoms. The number of rotatable bonds is 55. The molecule has 3 fully saturated rings. The van der Waals surface area contributed by atoms with E-state index in [2.05, 4.69) is 58.5 Å².